The first-order chi connectivity index (χ1) is 13.1. The molecular weight excluding hydrogens is 338 g/mol. The van der Waals surface area contributed by atoms with Crippen LogP contribution < -0.4 is 10.2 Å². The fourth-order valence-electron chi connectivity index (χ4n) is 3.86. The third kappa shape index (κ3) is 5.28. The highest BCUT2D eigenvalue weighted by molar-refractivity contribution is 5.80. The van der Waals surface area contributed by atoms with Crippen LogP contribution in [0.2, 0.25) is 0 Å². The van der Waals surface area contributed by atoms with Crippen molar-refractivity contribution in [3.05, 3.63) is 24.3 Å². The van der Waals surface area contributed by atoms with Gasteiger partial charge in [0.05, 0.1) is 12.2 Å². The third-order valence-corrected chi connectivity index (χ3v) is 5.44. The SMILES string of the molecule is CCNC(=NCCN(C(C)C)C1CC1)N1CCN(c2ccccc2O)CC1. The molecule has 1 aliphatic heterocycles. The van der Waals surface area contributed by atoms with E-state index in [1.807, 2.05) is 18.2 Å². The molecule has 1 aliphatic carbocycles. The number of para-hydroxylation sites is 2. The standard InChI is InChI=1S/C21H35N5O/c1-4-22-21(23-11-12-26(17(2)3)18-9-10-18)25-15-13-24(14-16-25)19-7-5-6-8-20(19)27/h5-8,17-18,27H,4,9-16H2,1-3H3,(H,22,23). The zero-order chi connectivity index (χ0) is 19.2. The molecule has 1 saturated carbocycles. The minimum absolute atomic E-state index is 0.361. The van der Waals surface area contributed by atoms with Gasteiger partial charge in [0.2, 0.25) is 0 Å². The van der Waals surface area contributed by atoms with E-state index in [-0.39, 0.29) is 0 Å². The maximum Gasteiger partial charge on any atom is 0.194 e. The van der Waals surface area contributed by atoms with Crippen molar-refractivity contribution < 1.29 is 5.11 Å². The van der Waals surface area contributed by atoms with Gasteiger partial charge in [0, 0.05) is 51.4 Å². The Kier molecular flexibility index (Phi) is 6.83. The molecule has 0 aromatic heterocycles. The predicted octanol–water partition coefficient (Wildman–Crippen LogP) is 2.35. The number of piperazine rings is 1. The zero-order valence-electron chi connectivity index (χ0n) is 17.1. The number of phenols is 1. The van der Waals surface area contributed by atoms with Crippen LogP contribution in [0.5, 0.6) is 5.75 Å². The summed E-state index contributed by atoms with van der Waals surface area (Å²) in [4.78, 5) is 12.1. The average Bonchev–Trinajstić information content (AvgIpc) is 3.49. The molecule has 6 nitrogen and oxygen atoms in total. The van der Waals surface area contributed by atoms with Crippen LogP contribution in [-0.2, 0) is 0 Å². The first-order valence-corrected chi connectivity index (χ1v) is 10.4. The lowest BCUT2D eigenvalue weighted by atomic mass is 10.2. The van der Waals surface area contributed by atoms with Gasteiger partial charge >= 0.3 is 0 Å². The summed E-state index contributed by atoms with van der Waals surface area (Å²) in [5, 5.41) is 13.5. The summed E-state index contributed by atoms with van der Waals surface area (Å²) in [6.45, 7) is 13.1. The fourth-order valence-corrected chi connectivity index (χ4v) is 3.86. The Balaban J connectivity index is 1.55. The molecule has 1 aromatic carbocycles. The zero-order valence-corrected chi connectivity index (χ0v) is 17.1. The number of aliphatic imine (C=N–C) groups is 1. The highest BCUT2D eigenvalue weighted by atomic mass is 16.3. The monoisotopic (exact) mass is 373 g/mol. The van der Waals surface area contributed by atoms with Crippen molar-refractivity contribution in [3.63, 3.8) is 0 Å². The van der Waals surface area contributed by atoms with E-state index in [1.165, 1.54) is 12.8 Å². The minimum atomic E-state index is 0.361. The normalized spacial score (nSPS) is 18.5. The van der Waals surface area contributed by atoms with Crippen molar-refractivity contribution in [1.82, 2.24) is 15.1 Å². The summed E-state index contributed by atoms with van der Waals surface area (Å²) < 4.78 is 0. The lowest BCUT2D eigenvalue weighted by Gasteiger charge is -2.38. The lowest BCUT2D eigenvalue weighted by molar-refractivity contribution is 0.217. The number of hydrogen-bond acceptors (Lipinski definition) is 4. The number of nitrogens with one attached hydrogen (secondary N) is 1. The molecule has 150 valence electrons. The molecule has 1 aromatic rings. The van der Waals surface area contributed by atoms with E-state index in [0.29, 0.717) is 11.8 Å². The lowest BCUT2D eigenvalue weighted by Crippen LogP contribution is -2.52. The largest absolute Gasteiger partial charge is 0.506 e. The highest BCUT2D eigenvalue weighted by Gasteiger charge is 2.30. The summed E-state index contributed by atoms with van der Waals surface area (Å²) in [6, 6.07) is 8.97. The molecule has 0 unspecified atom stereocenters. The summed E-state index contributed by atoms with van der Waals surface area (Å²) in [6.07, 6.45) is 2.69. The van der Waals surface area contributed by atoms with Crippen molar-refractivity contribution in [3.8, 4) is 5.75 Å². The Hall–Kier alpha value is -1.95. The second-order valence-corrected chi connectivity index (χ2v) is 7.76. The smallest absolute Gasteiger partial charge is 0.194 e. The van der Waals surface area contributed by atoms with Crippen LogP contribution in [-0.4, -0.2) is 78.8 Å². The van der Waals surface area contributed by atoms with Gasteiger partial charge in [-0.05, 0) is 45.7 Å². The van der Waals surface area contributed by atoms with Crippen molar-refractivity contribution in [2.75, 3.05) is 50.7 Å². The van der Waals surface area contributed by atoms with Gasteiger partial charge in [0.15, 0.2) is 5.96 Å². The van der Waals surface area contributed by atoms with E-state index in [9.17, 15) is 5.11 Å². The van der Waals surface area contributed by atoms with Crippen LogP contribution in [0, 0.1) is 0 Å². The van der Waals surface area contributed by atoms with Crippen LogP contribution in [0.25, 0.3) is 0 Å². The Bertz CT molecular complexity index is 619. The van der Waals surface area contributed by atoms with Crippen LogP contribution >= 0.6 is 0 Å². The van der Waals surface area contributed by atoms with Gasteiger partial charge in [-0.1, -0.05) is 12.1 Å². The first kappa shape index (κ1) is 19.8. The van der Waals surface area contributed by atoms with E-state index in [4.69, 9.17) is 4.99 Å². The quantitative estimate of drug-likeness (QED) is 0.568. The van der Waals surface area contributed by atoms with Gasteiger partial charge in [-0.25, -0.2) is 0 Å². The molecule has 1 saturated heterocycles. The van der Waals surface area contributed by atoms with Crippen molar-refractivity contribution in [1.29, 1.82) is 0 Å². The van der Waals surface area contributed by atoms with Gasteiger partial charge in [-0.2, -0.15) is 0 Å². The van der Waals surface area contributed by atoms with Crippen LogP contribution in [0.3, 0.4) is 0 Å². The van der Waals surface area contributed by atoms with Gasteiger partial charge in [-0.3, -0.25) is 9.89 Å². The van der Waals surface area contributed by atoms with E-state index in [2.05, 4.69) is 40.8 Å². The van der Waals surface area contributed by atoms with E-state index in [1.54, 1.807) is 6.07 Å². The number of benzene rings is 1. The molecule has 2 aliphatic rings. The number of aromatic hydroxyl groups is 1. The molecule has 0 amide bonds. The highest BCUT2D eigenvalue weighted by Crippen LogP contribution is 2.28. The van der Waals surface area contributed by atoms with E-state index in [0.717, 1.165) is 63.5 Å². The molecule has 2 N–H and O–H groups in total. The van der Waals surface area contributed by atoms with E-state index < -0.39 is 0 Å². The Morgan fingerprint density at radius 2 is 1.93 bits per heavy atom. The molecule has 3 rings (SSSR count). The molecule has 1 heterocycles. The topological polar surface area (TPSA) is 54.3 Å². The van der Waals surface area contributed by atoms with Crippen LogP contribution in [0.1, 0.15) is 33.6 Å². The molecule has 0 radical (unpaired) electrons. The molecule has 0 bridgehead atoms. The molecule has 0 spiro atoms. The fraction of sp³-hybridized carbons (Fsp3) is 0.667. The number of rotatable bonds is 7. The average molecular weight is 374 g/mol. The van der Waals surface area contributed by atoms with Crippen LogP contribution in [0.4, 0.5) is 5.69 Å². The van der Waals surface area contributed by atoms with Gasteiger partial charge < -0.3 is 20.2 Å². The van der Waals surface area contributed by atoms with Gasteiger partial charge in [-0.15, -0.1) is 0 Å². The molecule has 0 atom stereocenters. The molecular formula is C21H35N5O. The predicted molar refractivity (Wildman–Crippen MR) is 113 cm³/mol. The Morgan fingerprint density at radius 1 is 1.22 bits per heavy atom. The summed E-state index contributed by atoms with van der Waals surface area (Å²) in [7, 11) is 0. The molecule has 2 fully saturated rings. The number of guanidine groups is 1. The second-order valence-electron chi connectivity index (χ2n) is 7.76. The maximum atomic E-state index is 10.1. The summed E-state index contributed by atoms with van der Waals surface area (Å²) in [5.41, 5.74) is 0.927. The number of hydrogen-bond donors (Lipinski definition) is 2. The van der Waals surface area contributed by atoms with Crippen molar-refractivity contribution in [2.24, 2.45) is 4.99 Å². The second kappa shape index (κ2) is 9.31. The van der Waals surface area contributed by atoms with Gasteiger partial charge in [0.25, 0.3) is 0 Å². The van der Waals surface area contributed by atoms with E-state index >= 15 is 0 Å². The first-order valence-electron chi connectivity index (χ1n) is 10.4. The van der Waals surface area contributed by atoms with Crippen molar-refractivity contribution >= 4 is 11.6 Å². The number of phenolic OH excluding ortho intramolecular Hbond substituents is 1. The minimum Gasteiger partial charge on any atom is -0.506 e. The number of anilines is 1. The Morgan fingerprint density at radius 3 is 2.52 bits per heavy atom. The summed E-state index contributed by atoms with van der Waals surface area (Å²) in [5.74, 6) is 1.38. The van der Waals surface area contributed by atoms with Crippen LogP contribution in [0.15, 0.2) is 29.3 Å². The third-order valence-electron chi connectivity index (χ3n) is 5.44. The number of nitrogens with zero attached hydrogens (tertiary/aromatic N) is 4. The maximum absolute atomic E-state index is 10.1. The summed E-state index contributed by atoms with van der Waals surface area (Å²) >= 11 is 0. The van der Waals surface area contributed by atoms with Crippen molar-refractivity contribution in [2.45, 2.75) is 45.7 Å². The van der Waals surface area contributed by atoms with Gasteiger partial charge in [0.1, 0.15) is 5.75 Å². The molecule has 27 heavy (non-hydrogen) atoms. The molecule has 6 heteroatoms. The Labute approximate surface area is 163 Å².